The lowest BCUT2D eigenvalue weighted by Crippen LogP contribution is -2.44. The zero-order valence-corrected chi connectivity index (χ0v) is 13.3. The van der Waals surface area contributed by atoms with Crippen LogP contribution in [0.5, 0.6) is 0 Å². The highest BCUT2D eigenvalue weighted by atomic mass is 32.2. The van der Waals surface area contributed by atoms with Gasteiger partial charge in [0, 0.05) is 22.5 Å². The van der Waals surface area contributed by atoms with Gasteiger partial charge in [0.25, 0.3) is 0 Å². The van der Waals surface area contributed by atoms with Gasteiger partial charge in [-0.1, -0.05) is 36.2 Å². The van der Waals surface area contributed by atoms with E-state index >= 15 is 0 Å². The van der Waals surface area contributed by atoms with E-state index in [0.717, 1.165) is 18.2 Å². The largest absolute Gasteiger partial charge is 0.255 e. The molecule has 1 aromatic carbocycles. The van der Waals surface area contributed by atoms with Crippen LogP contribution in [0.1, 0.15) is 25.7 Å². The molecular formula is C15H17N5O2S. The van der Waals surface area contributed by atoms with Crippen LogP contribution >= 0.6 is 0 Å². The third-order valence-electron chi connectivity index (χ3n) is 4.12. The van der Waals surface area contributed by atoms with E-state index < -0.39 is 10.0 Å². The first-order chi connectivity index (χ1) is 11.1. The number of rotatable bonds is 4. The summed E-state index contributed by atoms with van der Waals surface area (Å²) >= 11 is 0. The van der Waals surface area contributed by atoms with Crippen molar-refractivity contribution in [3.8, 4) is 0 Å². The molecule has 2 aromatic rings. The smallest absolute Gasteiger partial charge is 0.242 e. The minimum absolute atomic E-state index is 0.154. The Morgan fingerprint density at radius 2 is 2.00 bits per heavy atom. The maximum Gasteiger partial charge on any atom is 0.242 e. The van der Waals surface area contributed by atoms with Crippen LogP contribution in [0.3, 0.4) is 0 Å². The van der Waals surface area contributed by atoms with Crippen LogP contribution < -0.4 is 4.72 Å². The molecule has 1 aliphatic rings. The number of hydrogen-bond donors (Lipinski definition) is 1. The normalized spacial score (nSPS) is 21.7. The summed E-state index contributed by atoms with van der Waals surface area (Å²) in [6.07, 6.45) is 4.80. The van der Waals surface area contributed by atoms with Crippen molar-refractivity contribution >= 4 is 20.9 Å². The molecule has 0 aliphatic heterocycles. The second-order valence-electron chi connectivity index (χ2n) is 5.62. The number of azide groups is 1. The Morgan fingerprint density at radius 3 is 2.83 bits per heavy atom. The first-order valence-corrected chi connectivity index (χ1v) is 9.00. The lowest BCUT2D eigenvalue weighted by Gasteiger charge is -2.28. The Hall–Kier alpha value is -2.15. The standard InChI is InChI=1S/C15H17N5O2S/c16-20-18-12-7-1-2-8-13(12)19-23(21,22)14-9-3-5-11-6-4-10-17-15(11)14/h3-6,9-10,12-13,19H,1-2,7-8H2/t12-,13-/m0/s1. The zero-order valence-electron chi connectivity index (χ0n) is 12.5. The van der Waals surface area contributed by atoms with Crippen molar-refractivity contribution in [2.75, 3.05) is 0 Å². The Bertz CT molecular complexity index is 856. The van der Waals surface area contributed by atoms with E-state index in [2.05, 4.69) is 19.7 Å². The van der Waals surface area contributed by atoms with Crippen molar-refractivity contribution in [2.45, 2.75) is 42.7 Å². The van der Waals surface area contributed by atoms with E-state index in [1.165, 1.54) is 0 Å². The molecule has 0 radical (unpaired) electrons. The number of nitrogens with one attached hydrogen (secondary N) is 1. The van der Waals surface area contributed by atoms with Crippen LogP contribution in [0.15, 0.2) is 46.5 Å². The highest BCUT2D eigenvalue weighted by Crippen LogP contribution is 2.25. The monoisotopic (exact) mass is 331 g/mol. The summed E-state index contributed by atoms with van der Waals surface area (Å²) in [5, 5.41) is 4.51. The second-order valence-corrected chi connectivity index (χ2v) is 7.30. The molecular weight excluding hydrogens is 314 g/mol. The summed E-state index contributed by atoms with van der Waals surface area (Å²) in [6, 6.07) is 7.95. The average Bonchev–Trinajstić information content (AvgIpc) is 2.56. The van der Waals surface area contributed by atoms with Gasteiger partial charge in [-0.2, -0.15) is 0 Å². The summed E-state index contributed by atoms with van der Waals surface area (Å²) in [5.74, 6) is 0. The number of fused-ring (bicyclic) bond motifs is 1. The van der Waals surface area contributed by atoms with Gasteiger partial charge in [-0.05, 0) is 30.5 Å². The van der Waals surface area contributed by atoms with Crippen molar-refractivity contribution < 1.29 is 8.42 Å². The van der Waals surface area contributed by atoms with Crippen molar-refractivity contribution in [2.24, 2.45) is 5.11 Å². The van der Waals surface area contributed by atoms with E-state index in [4.69, 9.17) is 5.53 Å². The molecule has 1 aromatic heterocycles. The van der Waals surface area contributed by atoms with E-state index in [0.29, 0.717) is 18.4 Å². The summed E-state index contributed by atoms with van der Waals surface area (Å²) in [4.78, 5) is 7.19. The van der Waals surface area contributed by atoms with E-state index in [9.17, 15) is 8.42 Å². The molecule has 23 heavy (non-hydrogen) atoms. The lowest BCUT2D eigenvalue weighted by molar-refractivity contribution is 0.360. The number of benzene rings is 1. The third kappa shape index (κ3) is 3.29. The van der Waals surface area contributed by atoms with Gasteiger partial charge in [0.2, 0.25) is 10.0 Å². The van der Waals surface area contributed by atoms with Crippen LogP contribution in [-0.4, -0.2) is 25.5 Å². The van der Waals surface area contributed by atoms with Crippen LogP contribution in [-0.2, 0) is 10.0 Å². The van der Waals surface area contributed by atoms with Crippen LogP contribution in [0.2, 0.25) is 0 Å². The Morgan fingerprint density at radius 1 is 1.22 bits per heavy atom. The first kappa shape index (κ1) is 15.7. The maximum atomic E-state index is 12.8. The van der Waals surface area contributed by atoms with Crippen molar-refractivity contribution in [1.29, 1.82) is 0 Å². The highest BCUT2D eigenvalue weighted by molar-refractivity contribution is 7.89. The SMILES string of the molecule is [N-]=[N+]=N[C@H]1CCCC[C@@H]1NS(=O)(=O)c1cccc2cccnc12. The van der Waals surface area contributed by atoms with Gasteiger partial charge >= 0.3 is 0 Å². The third-order valence-corrected chi connectivity index (χ3v) is 5.64. The minimum Gasteiger partial charge on any atom is -0.255 e. The molecule has 3 rings (SSSR count). The number of aromatic nitrogens is 1. The number of hydrogen-bond acceptors (Lipinski definition) is 4. The van der Waals surface area contributed by atoms with Crippen LogP contribution in [0, 0.1) is 0 Å². The molecule has 1 N–H and O–H groups in total. The molecule has 0 unspecified atom stereocenters. The molecule has 0 amide bonds. The number of nitrogens with zero attached hydrogens (tertiary/aromatic N) is 4. The molecule has 7 nitrogen and oxygen atoms in total. The first-order valence-electron chi connectivity index (χ1n) is 7.52. The highest BCUT2D eigenvalue weighted by Gasteiger charge is 2.29. The number of sulfonamides is 1. The topological polar surface area (TPSA) is 108 Å². The Balaban J connectivity index is 1.96. The predicted octanol–water partition coefficient (Wildman–Crippen LogP) is 3.13. The van der Waals surface area contributed by atoms with Gasteiger partial charge in [-0.3, -0.25) is 4.98 Å². The van der Waals surface area contributed by atoms with Gasteiger partial charge in [0.05, 0.1) is 11.6 Å². The van der Waals surface area contributed by atoms with E-state index in [-0.39, 0.29) is 17.0 Å². The molecule has 1 fully saturated rings. The quantitative estimate of drug-likeness (QED) is 0.528. The zero-order chi connectivity index (χ0) is 16.3. The summed E-state index contributed by atoms with van der Waals surface area (Å²) in [6.45, 7) is 0. The summed E-state index contributed by atoms with van der Waals surface area (Å²) < 4.78 is 28.3. The van der Waals surface area contributed by atoms with Gasteiger partial charge in [0.1, 0.15) is 4.90 Å². The van der Waals surface area contributed by atoms with Crippen molar-refractivity contribution in [3.63, 3.8) is 0 Å². The van der Waals surface area contributed by atoms with Crippen LogP contribution in [0.4, 0.5) is 0 Å². The van der Waals surface area contributed by atoms with E-state index in [1.54, 1.807) is 24.4 Å². The lowest BCUT2D eigenvalue weighted by atomic mass is 9.92. The Kier molecular flexibility index (Phi) is 4.47. The fourth-order valence-electron chi connectivity index (χ4n) is 3.01. The molecule has 1 heterocycles. The average molecular weight is 331 g/mol. The molecule has 0 spiro atoms. The van der Waals surface area contributed by atoms with Gasteiger partial charge in [-0.15, -0.1) is 0 Å². The fraction of sp³-hybridized carbons (Fsp3) is 0.400. The van der Waals surface area contributed by atoms with Crippen molar-refractivity contribution in [1.82, 2.24) is 9.71 Å². The van der Waals surface area contributed by atoms with Gasteiger partial charge in [0.15, 0.2) is 0 Å². The van der Waals surface area contributed by atoms with Gasteiger partial charge < -0.3 is 0 Å². The minimum atomic E-state index is -3.73. The molecule has 2 atom stereocenters. The summed E-state index contributed by atoms with van der Waals surface area (Å²) in [5.41, 5.74) is 9.11. The molecule has 0 bridgehead atoms. The molecule has 120 valence electrons. The number of pyridine rings is 1. The second kappa shape index (κ2) is 6.54. The summed E-state index contributed by atoms with van der Waals surface area (Å²) in [7, 11) is -3.73. The van der Waals surface area contributed by atoms with E-state index in [1.807, 2.05) is 12.1 Å². The Labute approximate surface area is 134 Å². The van der Waals surface area contributed by atoms with Crippen molar-refractivity contribution in [3.05, 3.63) is 47.0 Å². The predicted molar refractivity (Wildman–Crippen MR) is 87.3 cm³/mol. The molecule has 1 aliphatic carbocycles. The number of para-hydroxylation sites is 1. The van der Waals surface area contributed by atoms with Gasteiger partial charge in [-0.25, -0.2) is 13.1 Å². The van der Waals surface area contributed by atoms with Crippen LogP contribution in [0.25, 0.3) is 21.3 Å². The maximum absolute atomic E-state index is 12.8. The fourth-order valence-corrected chi connectivity index (χ4v) is 4.49. The molecule has 1 saturated carbocycles. The molecule has 0 saturated heterocycles. The molecule has 8 heteroatoms.